The van der Waals surface area contributed by atoms with E-state index in [-0.39, 0.29) is 17.6 Å². The average molecular weight is 321 g/mol. The lowest BCUT2D eigenvalue weighted by Gasteiger charge is -2.11. The van der Waals surface area contributed by atoms with Gasteiger partial charge in [-0.05, 0) is 44.2 Å². The molecule has 0 bridgehead atoms. The van der Waals surface area contributed by atoms with E-state index in [1.54, 1.807) is 30.3 Å². The zero-order valence-electron chi connectivity index (χ0n) is 12.6. The van der Waals surface area contributed by atoms with Gasteiger partial charge in [0.1, 0.15) is 11.6 Å². The summed E-state index contributed by atoms with van der Waals surface area (Å²) in [5, 5.41) is 14.2. The fraction of sp³-hybridized carbons (Fsp3) is 0.267. The Labute approximate surface area is 133 Å². The fourth-order valence-electron chi connectivity index (χ4n) is 1.79. The Balaban J connectivity index is 2.14. The molecule has 2 N–H and O–H groups in total. The number of hydrogen-bond donors (Lipinski definition) is 2. The first-order valence-corrected chi connectivity index (χ1v) is 7.12. The summed E-state index contributed by atoms with van der Waals surface area (Å²) in [4.78, 5) is 12.2. The van der Waals surface area contributed by atoms with Gasteiger partial charge < -0.3 is 15.4 Å². The van der Waals surface area contributed by atoms with E-state index in [0.717, 1.165) is 0 Å². The second-order valence-corrected chi connectivity index (χ2v) is 5.34. The first kappa shape index (κ1) is 16.0. The highest BCUT2D eigenvalue weighted by atomic mass is 35.5. The highest BCUT2D eigenvalue weighted by Gasteiger charge is 2.12. The van der Waals surface area contributed by atoms with Crippen LogP contribution in [-0.4, -0.2) is 29.3 Å². The molecule has 116 valence electrons. The minimum absolute atomic E-state index is 0.205. The number of amides is 1. The van der Waals surface area contributed by atoms with E-state index in [2.05, 4.69) is 20.8 Å². The van der Waals surface area contributed by atoms with Crippen LogP contribution < -0.4 is 15.4 Å². The van der Waals surface area contributed by atoms with E-state index < -0.39 is 0 Å². The number of nitrogens with zero attached hydrogens (tertiary/aromatic N) is 2. The van der Waals surface area contributed by atoms with Gasteiger partial charge in [0.25, 0.3) is 5.91 Å². The molecule has 1 aromatic carbocycles. The van der Waals surface area contributed by atoms with Gasteiger partial charge in [0.15, 0.2) is 5.69 Å². The molecule has 0 aliphatic rings. The number of benzene rings is 1. The molecule has 22 heavy (non-hydrogen) atoms. The predicted molar refractivity (Wildman–Crippen MR) is 86.7 cm³/mol. The van der Waals surface area contributed by atoms with Gasteiger partial charge in [-0.25, -0.2) is 0 Å². The number of hydrogen-bond acceptors (Lipinski definition) is 5. The van der Waals surface area contributed by atoms with Crippen LogP contribution in [0.5, 0.6) is 5.75 Å². The van der Waals surface area contributed by atoms with E-state index in [0.29, 0.717) is 22.3 Å². The van der Waals surface area contributed by atoms with Gasteiger partial charge >= 0.3 is 0 Å². The van der Waals surface area contributed by atoms with Gasteiger partial charge in [0.05, 0.1) is 12.8 Å². The topological polar surface area (TPSA) is 76.1 Å². The highest BCUT2D eigenvalue weighted by Crippen LogP contribution is 2.27. The van der Waals surface area contributed by atoms with E-state index in [9.17, 15) is 4.79 Å². The molecule has 6 nitrogen and oxygen atoms in total. The number of methoxy groups -OCH3 is 1. The molecule has 0 saturated carbocycles. The van der Waals surface area contributed by atoms with Crippen molar-refractivity contribution in [2.45, 2.75) is 19.9 Å². The molecule has 0 fully saturated rings. The predicted octanol–water partition coefficient (Wildman–Crippen LogP) is 3.21. The Bertz CT molecular complexity index is 659. The van der Waals surface area contributed by atoms with Crippen molar-refractivity contribution in [2.75, 3.05) is 17.7 Å². The summed E-state index contributed by atoms with van der Waals surface area (Å²) in [5.41, 5.74) is 0.683. The average Bonchev–Trinajstić information content (AvgIpc) is 2.47. The molecule has 1 heterocycles. The Morgan fingerprint density at radius 2 is 2.00 bits per heavy atom. The number of halogens is 1. The van der Waals surface area contributed by atoms with Crippen molar-refractivity contribution in [3.05, 3.63) is 41.0 Å². The number of carbonyl (C=O) groups is 1. The highest BCUT2D eigenvalue weighted by molar-refractivity contribution is 6.31. The minimum atomic E-state index is -0.385. The molecule has 2 rings (SSSR count). The second-order valence-electron chi connectivity index (χ2n) is 4.90. The van der Waals surface area contributed by atoms with Crippen LogP contribution in [0.4, 0.5) is 11.5 Å². The summed E-state index contributed by atoms with van der Waals surface area (Å²) in [7, 11) is 1.52. The summed E-state index contributed by atoms with van der Waals surface area (Å²) < 4.78 is 5.18. The Morgan fingerprint density at radius 1 is 1.23 bits per heavy atom. The maximum atomic E-state index is 12.2. The molecular formula is C15H17ClN4O2. The standard InChI is InChI=1S/C15H17ClN4O2/c1-9(2)17-14-7-5-11(19-20-14)15(21)18-12-8-10(16)4-6-13(12)22-3/h4-9H,1-3H3,(H,17,20)(H,18,21). The van der Waals surface area contributed by atoms with Crippen LogP contribution in [0.3, 0.4) is 0 Å². The van der Waals surface area contributed by atoms with Crippen LogP contribution in [0.25, 0.3) is 0 Å². The zero-order valence-corrected chi connectivity index (χ0v) is 13.3. The molecule has 7 heteroatoms. The van der Waals surface area contributed by atoms with Gasteiger partial charge in [0.2, 0.25) is 0 Å². The molecule has 0 atom stereocenters. The van der Waals surface area contributed by atoms with Crippen molar-refractivity contribution in [3.8, 4) is 5.75 Å². The zero-order chi connectivity index (χ0) is 16.1. The van der Waals surface area contributed by atoms with Gasteiger partial charge in [-0.3, -0.25) is 4.79 Å². The van der Waals surface area contributed by atoms with Crippen molar-refractivity contribution >= 4 is 29.0 Å². The van der Waals surface area contributed by atoms with Crippen molar-refractivity contribution in [1.29, 1.82) is 0 Å². The van der Waals surface area contributed by atoms with Gasteiger partial charge in [-0.15, -0.1) is 10.2 Å². The fourth-order valence-corrected chi connectivity index (χ4v) is 1.96. The van der Waals surface area contributed by atoms with Crippen LogP contribution in [-0.2, 0) is 0 Å². The summed E-state index contributed by atoms with van der Waals surface area (Å²) in [6.45, 7) is 3.99. The van der Waals surface area contributed by atoms with Crippen molar-refractivity contribution in [2.24, 2.45) is 0 Å². The number of nitrogens with one attached hydrogen (secondary N) is 2. The number of rotatable bonds is 5. The Morgan fingerprint density at radius 3 is 2.59 bits per heavy atom. The number of anilines is 2. The molecule has 2 aromatic rings. The molecule has 0 spiro atoms. The minimum Gasteiger partial charge on any atom is -0.495 e. The largest absolute Gasteiger partial charge is 0.495 e. The first-order valence-electron chi connectivity index (χ1n) is 6.74. The van der Waals surface area contributed by atoms with Crippen molar-refractivity contribution in [3.63, 3.8) is 0 Å². The maximum absolute atomic E-state index is 12.2. The normalized spacial score (nSPS) is 10.4. The van der Waals surface area contributed by atoms with E-state index in [1.807, 2.05) is 13.8 Å². The second kappa shape index (κ2) is 7.09. The number of aromatic nitrogens is 2. The molecule has 0 saturated heterocycles. The van der Waals surface area contributed by atoms with Gasteiger partial charge in [0, 0.05) is 11.1 Å². The lowest BCUT2D eigenvalue weighted by molar-refractivity contribution is 0.102. The summed E-state index contributed by atoms with van der Waals surface area (Å²) in [6.07, 6.45) is 0. The van der Waals surface area contributed by atoms with E-state index >= 15 is 0 Å². The molecule has 1 amide bonds. The maximum Gasteiger partial charge on any atom is 0.276 e. The quantitative estimate of drug-likeness (QED) is 0.884. The monoisotopic (exact) mass is 320 g/mol. The third-order valence-electron chi connectivity index (χ3n) is 2.74. The SMILES string of the molecule is COc1ccc(Cl)cc1NC(=O)c1ccc(NC(C)C)nn1. The molecule has 0 aliphatic carbocycles. The van der Waals surface area contributed by atoms with Gasteiger partial charge in [-0.2, -0.15) is 0 Å². The Kier molecular flexibility index (Phi) is 5.16. The summed E-state index contributed by atoms with van der Waals surface area (Å²) >= 11 is 5.93. The van der Waals surface area contributed by atoms with Crippen LogP contribution in [0, 0.1) is 0 Å². The van der Waals surface area contributed by atoms with Crippen LogP contribution >= 0.6 is 11.6 Å². The van der Waals surface area contributed by atoms with E-state index in [1.165, 1.54) is 7.11 Å². The van der Waals surface area contributed by atoms with Crippen LogP contribution in [0.1, 0.15) is 24.3 Å². The number of ether oxygens (including phenoxy) is 1. The van der Waals surface area contributed by atoms with Crippen LogP contribution in [0.2, 0.25) is 5.02 Å². The molecule has 0 unspecified atom stereocenters. The van der Waals surface area contributed by atoms with E-state index in [4.69, 9.17) is 16.3 Å². The van der Waals surface area contributed by atoms with Crippen molar-refractivity contribution < 1.29 is 9.53 Å². The van der Waals surface area contributed by atoms with Gasteiger partial charge in [-0.1, -0.05) is 11.6 Å². The Hall–Kier alpha value is -2.34. The first-order chi connectivity index (χ1) is 10.5. The molecule has 1 aromatic heterocycles. The summed E-state index contributed by atoms with van der Waals surface area (Å²) in [6, 6.07) is 8.52. The third-order valence-corrected chi connectivity index (χ3v) is 2.98. The molecular weight excluding hydrogens is 304 g/mol. The number of carbonyl (C=O) groups excluding carboxylic acids is 1. The molecule has 0 radical (unpaired) electrons. The molecule has 0 aliphatic heterocycles. The lowest BCUT2D eigenvalue weighted by atomic mass is 10.2. The summed E-state index contributed by atoms with van der Waals surface area (Å²) in [5.74, 6) is 0.750. The van der Waals surface area contributed by atoms with Crippen molar-refractivity contribution in [1.82, 2.24) is 10.2 Å². The van der Waals surface area contributed by atoms with Crippen LogP contribution in [0.15, 0.2) is 30.3 Å². The third kappa shape index (κ3) is 4.08. The smallest absolute Gasteiger partial charge is 0.276 e. The lowest BCUT2D eigenvalue weighted by Crippen LogP contribution is -2.16.